The Morgan fingerprint density at radius 1 is 1.12 bits per heavy atom. The Hall–Kier alpha value is -1.55. The van der Waals surface area contributed by atoms with Gasteiger partial charge < -0.3 is 15.8 Å². The Morgan fingerprint density at radius 3 is 2.16 bits per heavy atom. The molecule has 0 saturated carbocycles. The van der Waals surface area contributed by atoms with Gasteiger partial charge in [-0.3, -0.25) is 10.1 Å². The van der Waals surface area contributed by atoms with Gasteiger partial charge in [0, 0.05) is 70.9 Å². The summed E-state index contributed by atoms with van der Waals surface area (Å²) in [6.45, 7) is 1.44. The first-order valence-electron chi connectivity index (χ1n) is 6.61. The van der Waals surface area contributed by atoms with Crippen LogP contribution in [0.2, 0.25) is 0 Å². The topological polar surface area (TPSA) is 121 Å². The van der Waals surface area contributed by atoms with Gasteiger partial charge in [-0.2, -0.15) is 5.11 Å². The number of hydrogen-bond donors (Lipinski definition) is 1. The zero-order chi connectivity index (χ0) is 17.2. The van der Waals surface area contributed by atoms with Crippen LogP contribution in [0.1, 0.15) is 6.92 Å². The summed E-state index contributed by atoms with van der Waals surface area (Å²) >= 11 is 0. The molecule has 0 fully saturated rings. The number of nitro groups is 1. The second-order valence-corrected chi connectivity index (χ2v) is 4.19. The van der Waals surface area contributed by atoms with E-state index in [-0.39, 0.29) is 57.4 Å². The van der Waals surface area contributed by atoms with E-state index in [4.69, 9.17) is 10.5 Å². The molecule has 2 aromatic carbocycles. The van der Waals surface area contributed by atoms with Gasteiger partial charge in [-0.05, 0) is 25.1 Å². The minimum atomic E-state index is -0.465. The van der Waals surface area contributed by atoms with Crippen molar-refractivity contribution in [3.63, 3.8) is 0 Å². The molecule has 0 aliphatic carbocycles. The van der Waals surface area contributed by atoms with Gasteiger partial charge in [-0.1, -0.05) is 12.1 Å². The number of aldehydes is 1. The van der Waals surface area contributed by atoms with Crippen LogP contribution in [0.3, 0.4) is 0 Å². The third kappa shape index (κ3) is 8.92. The van der Waals surface area contributed by atoms with Gasteiger partial charge in [0.1, 0.15) is 12.0 Å². The van der Waals surface area contributed by atoms with Crippen molar-refractivity contribution in [3.8, 4) is 0 Å². The van der Waals surface area contributed by atoms with Crippen LogP contribution in [0.25, 0.3) is 5.73 Å². The van der Waals surface area contributed by atoms with E-state index < -0.39 is 4.92 Å². The first kappa shape index (κ1) is 25.7. The van der Waals surface area contributed by atoms with Gasteiger partial charge in [-0.15, -0.1) is 10.8 Å². The van der Waals surface area contributed by atoms with Gasteiger partial charge in [0.2, 0.25) is 0 Å². The number of nitrogens with zero attached hydrogens (tertiary/aromatic N) is 3. The van der Waals surface area contributed by atoms with Crippen molar-refractivity contribution < 1.29 is 61.4 Å². The molecule has 0 heterocycles. The second kappa shape index (κ2) is 13.7. The smallest absolute Gasteiger partial charge is 0.269 e. The summed E-state index contributed by atoms with van der Waals surface area (Å²) in [4.78, 5) is 18.9. The van der Waals surface area contributed by atoms with Gasteiger partial charge in [0.05, 0.1) is 16.3 Å². The van der Waals surface area contributed by atoms with Crippen molar-refractivity contribution in [2.45, 2.75) is 6.92 Å². The van der Waals surface area contributed by atoms with E-state index in [1.54, 1.807) is 25.2 Å². The maximum Gasteiger partial charge on any atom is 0.269 e. The summed E-state index contributed by atoms with van der Waals surface area (Å²) in [5.41, 5.74) is 9.73. The van der Waals surface area contributed by atoms with E-state index in [0.29, 0.717) is 22.7 Å². The molecule has 0 spiro atoms. The minimum Gasteiger partial charge on any atom is -0.699 e. The molecule has 0 bridgehead atoms. The number of carbonyl (C=O) groups excluding carboxylic acids is 1. The Labute approximate surface area is 183 Å². The van der Waals surface area contributed by atoms with Gasteiger partial charge in [-0.25, -0.2) is 0 Å². The standard InChI is InChI=1S/C13H12N5O2.C2H4O.2Hf/c1-15-13-8-9(14)2-7-12(13)17-16-10-3-5-11(6-4-10)18(19)20;1-2-3;;/h2-8,14-15H,1H3;2H,1H3;;/q-1;;;. The van der Waals surface area contributed by atoms with Gasteiger partial charge >= 0.3 is 0 Å². The van der Waals surface area contributed by atoms with Crippen LogP contribution in [0, 0.1) is 10.1 Å². The minimum absolute atomic E-state index is 0. The molecule has 0 aliphatic heterocycles. The van der Waals surface area contributed by atoms with Crippen molar-refractivity contribution >= 4 is 34.7 Å². The number of rotatable bonds is 4. The quantitative estimate of drug-likeness (QED) is 0.163. The average molecular weight is 671 g/mol. The molecule has 8 nitrogen and oxygen atoms in total. The maximum absolute atomic E-state index is 10.5. The Kier molecular flexibility index (Phi) is 14.1. The summed E-state index contributed by atoms with van der Waals surface area (Å²) in [6.07, 6.45) is 0.750. The second-order valence-electron chi connectivity index (χ2n) is 4.19. The summed E-state index contributed by atoms with van der Waals surface area (Å²) < 4.78 is 0. The monoisotopic (exact) mass is 674 g/mol. The number of nitro benzene ring substituents is 1. The molecule has 2 rings (SSSR count). The summed E-state index contributed by atoms with van der Waals surface area (Å²) in [5, 5.41) is 21.6. The third-order valence-corrected chi connectivity index (χ3v) is 2.60. The molecule has 25 heavy (non-hydrogen) atoms. The SMILES string of the molecule is CC=O.CNc1cc([NH-])ccc1N=Nc1ccc([N+](=O)[O-])cc1.[Hf].[Hf]. The molecule has 0 amide bonds. The van der Waals surface area contributed by atoms with Crippen LogP contribution in [-0.2, 0) is 56.5 Å². The zero-order valence-electron chi connectivity index (χ0n) is 13.7. The number of anilines is 1. The molecular weight excluding hydrogens is 655 g/mol. The van der Waals surface area contributed by atoms with E-state index in [1.165, 1.54) is 31.2 Å². The average Bonchev–Trinajstić information content (AvgIpc) is 2.54. The maximum atomic E-state index is 10.5. The number of carbonyl (C=O) groups is 1. The fourth-order valence-corrected chi connectivity index (χ4v) is 1.58. The molecule has 128 valence electrons. The summed E-state index contributed by atoms with van der Waals surface area (Å²) in [6, 6.07) is 10.7. The fourth-order valence-electron chi connectivity index (χ4n) is 1.58. The number of azo groups is 1. The number of non-ortho nitro benzene ring substituents is 1. The van der Waals surface area contributed by atoms with Crippen molar-refractivity contribution in [1.29, 1.82) is 0 Å². The van der Waals surface area contributed by atoms with E-state index in [0.717, 1.165) is 6.29 Å². The Morgan fingerprint density at radius 2 is 1.68 bits per heavy atom. The van der Waals surface area contributed by atoms with Crippen molar-refractivity contribution in [3.05, 3.63) is 58.3 Å². The van der Waals surface area contributed by atoms with Crippen LogP contribution in [0.4, 0.5) is 28.4 Å². The zero-order valence-corrected chi connectivity index (χ0v) is 20.9. The first-order valence-corrected chi connectivity index (χ1v) is 6.61. The predicted molar refractivity (Wildman–Crippen MR) is 89.0 cm³/mol. The Bertz CT molecular complexity index is 709. The normalized spacial score (nSPS) is 9.04. The van der Waals surface area contributed by atoms with E-state index >= 15 is 0 Å². The molecule has 2 N–H and O–H groups in total. The molecule has 2 aromatic rings. The van der Waals surface area contributed by atoms with E-state index in [2.05, 4.69) is 15.5 Å². The molecule has 0 unspecified atom stereocenters. The predicted octanol–water partition coefficient (Wildman–Crippen LogP) is 4.94. The van der Waals surface area contributed by atoms with Crippen molar-refractivity contribution in [2.75, 3.05) is 12.4 Å². The van der Waals surface area contributed by atoms with Gasteiger partial charge in [0.25, 0.3) is 5.69 Å². The first-order chi connectivity index (χ1) is 11.0. The molecule has 0 atom stereocenters. The van der Waals surface area contributed by atoms with Gasteiger partial charge in [0.15, 0.2) is 0 Å². The number of nitrogens with one attached hydrogen (secondary N) is 2. The third-order valence-electron chi connectivity index (χ3n) is 2.60. The van der Waals surface area contributed by atoms with Crippen molar-refractivity contribution in [1.82, 2.24) is 0 Å². The van der Waals surface area contributed by atoms with E-state index in [1.807, 2.05) is 0 Å². The summed E-state index contributed by atoms with van der Waals surface area (Å²) in [7, 11) is 1.74. The molecule has 0 aliphatic rings. The molecular formula is C15H16Hf2N5O3-. The van der Waals surface area contributed by atoms with E-state index in [9.17, 15) is 10.1 Å². The van der Waals surface area contributed by atoms with Crippen LogP contribution in [-0.4, -0.2) is 18.3 Å². The largest absolute Gasteiger partial charge is 0.699 e. The molecule has 0 aromatic heterocycles. The van der Waals surface area contributed by atoms with Crippen LogP contribution in [0.15, 0.2) is 52.7 Å². The van der Waals surface area contributed by atoms with Crippen LogP contribution < -0.4 is 5.32 Å². The number of benzene rings is 2. The number of hydrogen-bond acceptors (Lipinski definition) is 6. The van der Waals surface area contributed by atoms with Crippen molar-refractivity contribution in [2.24, 2.45) is 10.2 Å². The van der Waals surface area contributed by atoms with Crippen LogP contribution in [0.5, 0.6) is 0 Å². The summed E-state index contributed by atoms with van der Waals surface area (Å²) in [5.74, 6) is 0. The molecule has 10 heteroatoms. The Balaban J connectivity index is 0. The molecule has 0 radical (unpaired) electrons. The fraction of sp³-hybridized carbons (Fsp3) is 0.133. The van der Waals surface area contributed by atoms with Crippen LogP contribution >= 0.6 is 0 Å². The molecule has 0 saturated heterocycles.